The van der Waals surface area contributed by atoms with Crippen molar-refractivity contribution in [2.75, 3.05) is 13.2 Å². The summed E-state index contributed by atoms with van der Waals surface area (Å²) in [5, 5.41) is 0. The molecule has 0 aromatic heterocycles. The summed E-state index contributed by atoms with van der Waals surface area (Å²) >= 11 is 3.43. The normalized spacial score (nSPS) is 13.6. The molecule has 1 unspecified atom stereocenters. The Morgan fingerprint density at radius 2 is 1.55 bits per heavy atom. The Morgan fingerprint density at radius 1 is 1.05 bits per heavy atom. The molecular formula is C13H16BrF3O3. The lowest BCUT2D eigenvalue weighted by molar-refractivity contribution is -0.274. The molecule has 0 saturated carbocycles. The van der Waals surface area contributed by atoms with Gasteiger partial charge in [-0.2, -0.15) is 0 Å². The molecule has 3 nitrogen and oxygen atoms in total. The van der Waals surface area contributed by atoms with E-state index in [9.17, 15) is 13.2 Å². The lowest BCUT2D eigenvalue weighted by atomic mass is 10.1. The van der Waals surface area contributed by atoms with Gasteiger partial charge in [0, 0.05) is 13.2 Å². The average molecular weight is 357 g/mol. The first-order valence-electron chi connectivity index (χ1n) is 6.10. The van der Waals surface area contributed by atoms with E-state index in [4.69, 9.17) is 9.47 Å². The Balaban J connectivity index is 2.75. The monoisotopic (exact) mass is 356 g/mol. The van der Waals surface area contributed by atoms with Gasteiger partial charge in [-0.25, -0.2) is 0 Å². The van der Waals surface area contributed by atoms with Gasteiger partial charge < -0.3 is 14.2 Å². The molecule has 0 aliphatic carbocycles. The first-order chi connectivity index (χ1) is 9.37. The fraction of sp³-hybridized carbons (Fsp3) is 0.538. The molecule has 0 heterocycles. The zero-order chi connectivity index (χ0) is 15.2. The van der Waals surface area contributed by atoms with E-state index < -0.39 is 12.7 Å². The van der Waals surface area contributed by atoms with Crippen LogP contribution < -0.4 is 4.74 Å². The largest absolute Gasteiger partial charge is 0.573 e. The SMILES string of the molecule is CCOC(OCC)C(Br)c1ccc(OC(F)(F)F)cc1. The fourth-order valence-corrected chi connectivity index (χ4v) is 2.17. The van der Waals surface area contributed by atoms with E-state index in [2.05, 4.69) is 20.7 Å². The smallest absolute Gasteiger partial charge is 0.406 e. The maximum Gasteiger partial charge on any atom is 0.573 e. The van der Waals surface area contributed by atoms with E-state index in [1.807, 2.05) is 13.8 Å². The molecule has 0 aliphatic heterocycles. The van der Waals surface area contributed by atoms with Crippen molar-refractivity contribution < 1.29 is 27.4 Å². The van der Waals surface area contributed by atoms with Crippen LogP contribution in [0.2, 0.25) is 0 Å². The lowest BCUT2D eigenvalue weighted by Gasteiger charge is -2.22. The topological polar surface area (TPSA) is 27.7 Å². The van der Waals surface area contributed by atoms with Crippen molar-refractivity contribution in [3.8, 4) is 5.75 Å². The van der Waals surface area contributed by atoms with E-state index in [0.717, 1.165) is 5.56 Å². The number of ether oxygens (including phenoxy) is 3. The Morgan fingerprint density at radius 3 is 1.95 bits per heavy atom. The van der Waals surface area contributed by atoms with Gasteiger partial charge in [-0.3, -0.25) is 0 Å². The third-order valence-electron chi connectivity index (χ3n) is 2.33. The predicted octanol–water partition coefficient (Wildman–Crippen LogP) is 4.42. The van der Waals surface area contributed by atoms with E-state index >= 15 is 0 Å². The number of hydrogen-bond acceptors (Lipinski definition) is 3. The number of halogens is 4. The summed E-state index contributed by atoms with van der Waals surface area (Å²) in [6.45, 7) is 4.63. The molecule has 20 heavy (non-hydrogen) atoms. The second-order valence-electron chi connectivity index (χ2n) is 3.80. The van der Waals surface area contributed by atoms with Gasteiger partial charge in [-0.15, -0.1) is 13.2 Å². The highest BCUT2D eigenvalue weighted by Gasteiger charge is 2.31. The lowest BCUT2D eigenvalue weighted by Crippen LogP contribution is -2.22. The molecule has 1 aromatic rings. The van der Waals surface area contributed by atoms with Gasteiger partial charge in [0.2, 0.25) is 0 Å². The molecule has 1 aromatic carbocycles. The minimum Gasteiger partial charge on any atom is -0.406 e. The molecule has 1 atom stereocenters. The van der Waals surface area contributed by atoms with Crippen molar-refractivity contribution in [2.45, 2.75) is 31.3 Å². The Bertz CT molecular complexity index is 389. The van der Waals surface area contributed by atoms with Crippen molar-refractivity contribution in [3.05, 3.63) is 29.8 Å². The molecule has 1 rings (SSSR count). The minimum atomic E-state index is -4.69. The number of rotatable bonds is 7. The van der Waals surface area contributed by atoms with Crippen molar-refractivity contribution in [3.63, 3.8) is 0 Å². The third-order valence-corrected chi connectivity index (χ3v) is 3.29. The van der Waals surface area contributed by atoms with Crippen LogP contribution in [0.5, 0.6) is 5.75 Å². The van der Waals surface area contributed by atoms with Gasteiger partial charge in [0.1, 0.15) is 5.75 Å². The van der Waals surface area contributed by atoms with Crippen LogP contribution in [0.25, 0.3) is 0 Å². The highest BCUT2D eigenvalue weighted by Crippen LogP contribution is 2.31. The maximum atomic E-state index is 12.1. The summed E-state index contributed by atoms with van der Waals surface area (Å²) in [5.74, 6) is -0.259. The Hall–Kier alpha value is -0.790. The molecule has 0 fully saturated rings. The molecule has 7 heteroatoms. The van der Waals surface area contributed by atoms with Crippen molar-refractivity contribution >= 4 is 15.9 Å². The molecule has 0 radical (unpaired) electrons. The highest BCUT2D eigenvalue weighted by atomic mass is 79.9. The quantitative estimate of drug-likeness (QED) is 0.534. The van der Waals surface area contributed by atoms with Gasteiger partial charge >= 0.3 is 6.36 Å². The van der Waals surface area contributed by atoms with Crippen LogP contribution in [0.15, 0.2) is 24.3 Å². The van der Waals surface area contributed by atoms with Gasteiger partial charge in [0.05, 0.1) is 4.83 Å². The van der Waals surface area contributed by atoms with E-state index in [0.29, 0.717) is 13.2 Å². The average Bonchev–Trinajstić information content (AvgIpc) is 2.37. The van der Waals surface area contributed by atoms with Gasteiger partial charge in [0.15, 0.2) is 6.29 Å². The van der Waals surface area contributed by atoms with Crippen LogP contribution in [0, 0.1) is 0 Å². The number of hydrogen-bond donors (Lipinski definition) is 0. The summed E-state index contributed by atoms with van der Waals surface area (Å²) in [6.07, 6.45) is -5.19. The van der Waals surface area contributed by atoms with Crippen molar-refractivity contribution in [1.82, 2.24) is 0 Å². The van der Waals surface area contributed by atoms with Crippen LogP contribution >= 0.6 is 15.9 Å². The first-order valence-corrected chi connectivity index (χ1v) is 7.02. The van der Waals surface area contributed by atoms with Crippen molar-refractivity contribution in [1.29, 1.82) is 0 Å². The van der Waals surface area contributed by atoms with Crippen LogP contribution in [0.4, 0.5) is 13.2 Å². The molecule has 0 spiro atoms. The van der Waals surface area contributed by atoms with Crippen LogP contribution in [0.1, 0.15) is 24.2 Å². The summed E-state index contributed by atoms with van der Waals surface area (Å²) in [6, 6.07) is 5.58. The standard InChI is InChI=1S/C13H16BrF3O3/c1-3-18-12(19-4-2)11(14)9-5-7-10(8-6-9)20-13(15,16)17/h5-8,11-12H,3-4H2,1-2H3. The summed E-state index contributed by atoms with van der Waals surface area (Å²) < 4.78 is 50.8. The minimum absolute atomic E-state index is 0.259. The summed E-state index contributed by atoms with van der Waals surface area (Å²) in [4.78, 5) is -0.276. The Kier molecular flexibility index (Phi) is 6.78. The zero-order valence-corrected chi connectivity index (χ0v) is 12.7. The first kappa shape index (κ1) is 17.3. The van der Waals surface area contributed by atoms with E-state index in [1.165, 1.54) is 24.3 Å². The molecule has 0 aliphatic rings. The molecular weight excluding hydrogens is 341 g/mol. The molecule has 114 valence electrons. The van der Waals surface area contributed by atoms with E-state index in [-0.39, 0.29) is 10.6 Å². The highest BCUT2D eigenvalue weighted by molar-refractivity contribution is 9.09. The predicted molar refractivity (Wildman–Crippen MR) is 71.8 cm³/mol. The third kappa shape index (κ3) is 5.68. The van der Waals surface area contributed by atoms with Gasteiger partial charge in [0.25, 0.3) is 0 Å². The summed E-state index contributed by atoms with van der Waals surface area (Å²) in [5.41, 5.74) is 0.742. The summed E-state index contributed by atoms with van der Waals surface area (Å²) in [7, 11) is 0. The van der Waals surface area contributed by atoms with E-state index in [1.54, 1.807) is 0 Å². The molecule has 0 saturated heterocycles. The van der Waals surface area contributed by atoms with Crippen LogP contribution in [0.3, 0.4) is 0 Å². The van der Waals surface area contributed by atoms with Gasteiger partial charge in [-0.05, 0) is 31.5 Å². The zero-order valence-electron chi connectivity index (χ0n) is 11.1. The fourth-order valence-electron chi connectivity index (χ4n) is 1.56. The molecule has 0 N–H and O–H groups in total. The van der Waals surface area contributed by atoms with Crippen LogP contribution in [-0.2, 0) is 9.47 Å². The van der Waals surface area contributed by atoms with Crippen LogP contribution in [-0.4, -0.2) is 25.9 Å². The number of alkyl halides is 4. The molecule has 0 bridgehead atoms. The number of benzene rings is 1. The second-order valence-corrected chi connectivity index (χ2v) is 4.78. The van der Waals surface area contributed by atoms with Crippen molar-refractivity contribution in [2.24, 2.45) is 0 Å². The maximum absolute atomic E-state index is 12.1. The Labute approximate surface area is 124 Å². The van der Waals surface area contributed by atoms with Gasteiger partial charge in [-0.1, -0.05) is 28.1 Å². The molecule has 0 amide bonds. The second kappa shape index (κ2) is 7.85.